The summed E-state index contributed by atoms with van der Waals surface area (Å²) in [6.07, 6.45) is 3.73. The number of carbonyl (C=O) groups is 1. The van der Waals surface area contributed by atoms with E-state index in [0.29, 0.717) is 30.2 Å². The van der Waals surface area contributed by atoms with Gasteiger partial charge in [0.15, 0.2) is 0 Å². The van der Waals surface area contributed by atoms with Gasteiger partial charge in [-0.25, -0.2) is 13.1 Å². The molecule has 0 radical (unpaired) electrons. The molecule has 1 saturated heterocycles. The van der Waals surface area contributed by atoms with Crippen molar-refractivity contribution in [3.8, 4) is 11.4 Å². The first-order valence-corrected chi connectivity index (χ1v) is 12.9. The largest absolute Gasteiger partial charge is 0.496 e. The molecule has 0 spiro atoms. The summed E-state index contributed by atoms with van der Waals surface area (Å²) in [4.78, 5) is 13.4. The molecular formula is C25H30N4O4S. The molecule has 9 heteroatoms. The Balaban J connectivity index is 1.66. The third-order valence-corrected chi connectivity index (χ3v) is 8.04. The number of para-hydroxylation sites is 1. The maximum atomic E-state index is 13.3. The van der Waals surface area contributed by atoms with Gasteiger partial charge in [-0.15, -0.1) is 0 Å². The molecule has 4 rings (SSSR count). The molecule has 1 aliphatic heterocycles. The third kappa shape index (κ3) is 4.71. The van der Waals surface area contributed by atoms with E-state index in [1.165, 1.54) is 29.6 Å². The summed E-state index contributed by atoms with van der Waals surface area (Å²) < 4.78 is 35.2. The number of amides is 1. The van der Waals surface area contributed by atoms with E-state index >= 15 is 0 Å². The summed E-state index contributed by atoms with van der Waals surface area (Å²) in [5.74, 6) is -0.151. The van der Waals surface area contributed by atoms with E-state index < -0.39 is 15.9 Å². The lowest BCUT2D eigenvalue weighted by atomic mass is 10.1. The molecule has 0 aliphatic carbocycles. The van der Waals surface area contributed by atoms with Crippen molar-refractivity contribution in [1.82, 2.24) is 14.1 Å². The molecule has 1 aromatic heterocycles. The van der Waals surface area contributed by atoms with Gasteiger partial charge in [-0.3, -0.25) is 4.79 Å². The molecule has 3 aromatic rings. The predicted molar refractivity (Wildman–Crippen MR) is 131 cm³/mol. The highest BCUT2D eigenvalue weighted by Gasteiger charge is 2.27. The number of hydrogen-bond donors (Lipinski definition) is 1. The maximum absolute atomic E-state index is 13.3. The number of carbonyl (C=O) groups excluding carboxylic acids is 1. The van der Waals surface area contributed by atoms with Gasteiger partial charge in [0.25, 0.3) is 5.91 Å². The van der Waals surface area contributed by atoms with Crippen LogP contribution in [0.2, 0.25) is 0 Å². The van der Waals surface area contributed by atoms with E-state index in [-0.39, 0.29) is 10.5 Å². The van der Waals surface area contributed by atoms with Crippen molar-refractivity contribution in [2.24, 2.45) is 0 Å². The lowest BCUT2D eigenvalue weighted by molar-refractivity contribution is 0.102. The lowest BCUT2D eigenvalue weighted by Gasteiger charge is -2.20. The Morgan fingerprint density at radius 3 is 2.32 bits per heavy atom. The first-order chi connectivity index (χ1) is 16.3. The first-order valence-electron chi connectivity index (χ1n) is 11.4. The molecule has 1 aliphatic rings. The van der Waals surface area contributed by atoms with Gasteiger partial charge in [0.2, 0.25) is 10.0 Å². The number of sulfonamides is 1. The molecule has 34 heavy (non-hydrogen) atoms. The average molecular weight is 483 g/mol. The van der Waals surface area contributed by atoms with Crippen LogP contribution in [-0.4, -0.2) is 48.6 Å². The Bertz CT molecular complexity index is 1280. The van der Waals surface area contributed by atoms with Crippen molar-refractivity contribution in [2.45, 2.75) is 44.4 Å². The molecular weight excluding hydrogens is 452 g/mol. The standard InChI is InChI=1S/C25H30N4O4S/c1-18-24(19(2)29(27-18)20-11-7-6-8-12-20)26-25(30)22-17-21(13-14-23(22)33-3)34(31,32)28-15-9-4-5-10-16-28/h6-8,11-14,17H,4-5,9-10,15-16H2,1-3H3,(H,26,30). The molecule has 1 N–H and O–H groups in total. The topological polar surface area (TPSA) is 93.5 Å². The van der Waals surface area contributed by atoms with Crippen LogP contribution in [0, 0.1) is 13.8 Å². The zero-order valence-corrected chi connectivity index (χ0v) is 20.6. The van der Waals surface area contributed by atoms with E-state index in [1.807, 2.05) is 44.2 Å². The summed E-state index contributed by atoms with van der Waals surface area (Å²) in [6.45, 7) is 4.68. The van der Waals surface area contributed by atoms with Crippen molar-refractivity contribution >= 4 is 21.6 Å². The number of nitrogens with zero attached hydrogens (tertiary/aromatic N) is 3. The lowest BCUT2D eigenvalue weighted by Crippen LogP contribution is -2.32. The monoisotopic (exact) mass is 482 g/mol. The van der Waals surface area contributed by atoms with Crippen LogP contribution in [0.15, 0.2) is 53.4 Å². The van der Waals surface area contributed by atoms with Gasteiger partial charge in [0, 0.05) is 13.1 Å². The molecule has 8 nitrogen and oxygen atoms in total. The van der Waals surface area contributed by atoms with Crippen molar-refractivity contribution in [3.63, 3.8) is 0 Å². The van der Waals surface area contributed by atoms with Crippen molar-refractivity contribution in [1.29, 1.82) is 0 Å². The molecule has 0 unspecified atom stereocenters. The highest BCUT2D eigenvalue weighted by Crippen LogP contribution is 2.29. The second-order valence-electron chi connectivity index (χ2n) is 8.43. The highest BCUT2D eigenvalue weighted by molar-refractivity contribution is 7.89. The predicted octanol–water partition coefficient (Wildman–Crippen LogP) is 4.31. The van der Waals surface area contributed by atoms with Crippen LogP contribution in [-0.2, 0) is 10.0 Å². The summed E-state index contributed by atoms with van der Waals surface area (Å²) in [5.41, 5.74) is 3.04. The van der Waals surface area contributed by atoms with E-state index in [4.69, 9.17) is 4.74 Å². The Morgan fingerprint density at radius 2 is 1.68 bits per heavy atom. The summed E-state index contributed by atoms with van der Waals surface area (Å²) >= 11 is 0. The van der Waals surface area contributed by atoms with Gasteiger partial charge in [-0.05, 0) is 57.0 Å². The van der Waals surface area contributed by atoms with E-state index in [0.717, 1.165) is 37.1 Å². The zero-order valence-electron chi connectivity index (χ0n) is 19.7. The Kier molecular flexibility index (Phi) is 7.04. The molecule has 1 amide bonds. The van der Waals surface area contributed by atoms with Gasteiger partial charge in [-0.2, -0.15) is 9.40 Å². The molecule has 1 fully saturated rings. The smallest absolute Gasteiger partial charge is 0.259 e. The van der Waals surface area contributed by atoms with Crippen LogP contribution >= 0.6 is 0 Å². The van der Waals surface area contributed by atoms with Crippen molar-refractivity contribution in [2.75, 3.05) is 25.5 Å². The van der Waals surface area contributed by atoms with Gasteiger partial charge < -0.3 is 10.1 Å². The second-order valence-corrected chi connectivity index (χ2v) is 10.4. The van der Waals surface area contributed by atoms with Crippen molar-refractivity contribution < 1.29 is 17.9 Å². The van der Waals surface area contributed by atoms with Crippen LogP contribution in [0.4, 0.5) is 5.69 Å². The summed E-state index contributed by atoms with van der Waals surface area (Å²) in [5, 5.41) is 7.48. The first kappa shape index (κ1) is 24.0. The van der Waals surface area contributed by atoms with Crippen LogP contribution in [0.3, 0.4) is 0 Å². The SMILES string of the molecule is COc1ccc(S(=O)(=O)N2CCCCCC2)cc1C(=O)Nc1c(C)nn(-c2ccccc2)c1C. The number of ether oxygens (including phenoxy) is 1. The number of aromatic nitrogens is 2. The molecule has 2 heterocycles. The molecule has 180 valence electrons. The number of anilines is 1. The third-order valence-electron chi connectivity index (χ3n) is 6.15. The van der Waals surface area contributed by atoms with Gasteiger partial charge in [0.1, 0.15) is 5.75 Å². The number of aryl methyl sites for hydroxylation is 1. The van der Waals surface area contributed by atoms with Crippen molar-refractivity contribution in [3.05, 3.63) is 65.5 Å². The van der Waals surface area contributed by atoms with Gasteiger partial charge in [0.05, 0.1) is 40.3 Å². The fourth-order valence-corrected chi connectivity index (χ4v) is 5.82. The number of benzene rings is 2. The quantitative estimate of drug-likeness (QED) is 0.565. The van der Waals surface area contributed by atoms with Gasteiger partial charge in [-0.1, -0.05) is 31.0 Å². The number of nitrogens with one attached hydrogen (secondary N) is 1. The minimum Gasteiger partial charge on any atom is -0.496 e. The second kappa shape index (κ2) is 9.99. The zero-order chi connectivity index (χ0) is 24.3. The Labute approximate surface area is 200 Å². The minimum atomic E-state index is -3.71. The normalized spacial score (nSPS) is 15.0. The van der Waals surface area contributed by atoms with Crippen LogP contribution < -0.4 is 10.1 Å². The van der Waals surface area contributed by atoms with E-state index in [1.54, 1.807) is 4.68 Å². The van der Waals surface area contributed by atoms with Crippen LogP contribution in [0.1, 0.15) is 47.4 Å². The molecule has 0 saturated carbocycles. The number of rotatable bonds is 6. The van der Waals surface area contributed by atoms with Crippen LogP contribution in [0.25, 0.3) is 5.69 Å². The summed E-state index contributed by atoms with van der Waals surface area (Å²) in [7, 11) is -2.25. The number of methoxy groups -OCH3 is 1. The van der Waals surface area contributed by atoms with Crippen LogP contribution in [0.5, 0.6) is 5.75 Å². The Morgan fingerprint density at radius 1 is 1.00 bits per heavy atom. The molecule has 0 atom stereocenters. The highest BCUT2D eigenvalue weighted by atomic mass is 32.2. The molecule has 0 bridgehead atoms. The minimum absolute atomic E-state index is 0.0915. The Hall–Kier alpha value is -3.17. The maximum Gasteiger partial charge on any atom is 0.259 e. The number of hydrogen-bond acceptors (Lipinski definition) is 5. The fraction of sp³-hybridized carbons (Fsp3) is 0.360. The van der Waals surface area contributed by atoms with E-state index in [2.05, 4.69) is 10.4 Å². The van der Waals surface area contributed by atoms with E-state index in [9.17, 15) is 13.2 Å². The summed E-state index contributed by atoms with van der Waals surface area (Å²) in [6, 6.07) is 14.1. The fourth-order valence-electron chi connectivity index (χ4n) is 4.28. The average Bonchev–Trinajstić information content (AvgIpc) is 3.03. The van der Waals surface area contributed by atoms with Gasteiger partial charge >= 0.3 is 0 Å². The molecule has 2 aromatic carbocycles.